The van der Waals surface area contributed by atoms with Gasteiger partial charge in [-0.15, -0.1) is 24.0 Å². The van der Waals surface area contributed by atoms with E-state index in [1.807, 2.05) is 18.2 Å². The fourth-order valence-corrected chi connectivity index (χ4v) is 4.60. The molecule has 0 amide bonds. The van der Waals surface area contributed by atoms with Crippen LogP contribution in [0.3, 0.4) is 0 Å². The van der Waals surface area contributed by atoms with Crippen LogP contribution < -0.4 is 10.2 Å². The normalized spacial score (nSPS) is 18.8. The number of aliphatic imine (C=N–C) groups is 1. The molecule has 2 aromatic rings. The first-order chi connectivity index (χ1) is 15.1. The van der Waals surface area contributed by atoms with Gasteiger partial charge in [-0.3, -0.25) is 4.99 Å². The van der Waals surface area contributed by atoms with Crippen LogP contribution in [0.1, 0.15) is 18.4 Å². The maximum absolute atomic E-state index is 14.1. The van der Waals surface area contributed by atoms with Crippen LogP contribution in [0.4, 0.5) is 14.5 Å². The smallest absolute Gasteiger partial charge is 0.193 e. The van der Waals surface area contributed by atoms with Crippen molar-refractivity contribution in [2.24, 2.45) is 4.99 Å². The summed E-state index contributed by atoms with van der Waals surface area (Å²) in [4.78, 5) is 8.77. The number of ether oxygens (including phenoxy) is 1. The van der Waals surface area contributed by atoms with E-state index in [-0.39, 0.29) is 41.0 Å². The summed E-state index contributed by atoms with van der Waals surface area (Å²) in [7, 11) is 1.78. The van der Waals surface area contributed by atoms with Crippen LogP contribution in [-0.4, -0.2) is 63.8 Å². The molecule has 0 radical (unpaired) electrons. The third-order valence-electron chi connectivity index (χ3n) is 6.46. The molecule has 8 heteroatoms. The largest absolute Gasteiger partial charge is 0.381 e. The summed E-state index contributed by atoms with van der Waals surface area (Å²) < 4.78 is 33.7. The lowest BCUT2D eigenvalue weighted by Crippen LogP contribution is -2.55. The Kier molecular flexibility index (Phi) is 8.70. The van der Waals surface area contributed by atoms with E-state index in [1.165, 1.54) is 12.1 Å². The predicted octanol–water partition coefficient (Wildman–Crippen LogP) is 4.03. The maximum Gasteiger partial charge on any atom is 0.193 e. The van der Waals surface area contributed by atoms with Crippen molar-refractivity contribution in [2.45, 2.75) is 18.3 Å². The molecule has 4 rings (SSSR count). The van der Waals surface area contributed by atoms with Gasteiger partial charge in [-0.1, -0.05) is 24.3 Å². The third-order valence-corrected chi connectivity index (χ3v) is 6.46. The topological polar surface area (TPSA) is 40.1 Å². The molecule has 0 aliphatic carbocycles. The van der Waals surface area contributed by atoms with Crippen LogP contribution in [0.5, 0.6) is 0 Å². The van der Waals surface area contributed by atoms with E-state index in [0.717, 1.165) is 50.5 Å². The van der Waals surface area contributed by atoms with Gasteiger partial charge in [0.05, 0.1) is 5.69 Å². The van der Waals surface area contributed by atoms with Crippen LogP contribution in [0.2, 0.25) is 0 Å². The monoisotopic (exact) mass is 556 g/mol. The number of rotatable bonds is 4. The van der Waals surface area contributed by atoms with Crippen molar-refractivity contribution in [2.75, 3.05) is 57.9 Å². The first-order valence-corrected chi connectivity index (χ1v) is 10.9. The predicted molar refractivity (Wildman–Crippen MR) is 135 cm³/mol. The quantitative estimate of drug-likeness (QED) is 0.351. The van der Waals surface area contributed by atoms with Gasteiger partial charge in [-0.2, -0.15) is 0 Å². The molecule has 32 heavy (non-hydrogen) atoms. The zero-order valence-electron chi connectivity index (χ0n) is 18.4. The Balaban J connectivity index is 0.00000289. The second kappa shape index (κ2) is 11.3. The SMILES string of the molecule is CN=C(NCC1(c2cccc(F)c2)CCOCC1)N1CCN(c2ccccc2F)CC1.I. The molecule has 0 bridgehead atoms. The number of hydrogen-bond donors (Lipinski definition) is 1. The first kappa shape index (κ1) is 24.7. The van der Waals surface area contributed by atoms with Gasteiger partial charge in [0, 0.05) is 58.4 Å². The molecular weight excluding hydrogens is 525 g/mol. The Bertz CT molecular complexity index is 912. The minimum Gasteiger partial charge on any atom is -0.381 e. The molecule has 1 N–H and O–H groups in total. The number of halogens is 3. The summed E-state index contributed by atoms with van der Waals surface area (Å²) in [6, 6.07) is 13.8. The van der Waals surface area contributed by atoms with Crippen molar-refractivity contribution >= 4 is 35.6 Å². The van der Waals surface area contributed by atoms with E-state index >= 15 is 0 Å². The first-order valence-electron chi connectivity index (χ1n) is 10.9. The van der Waals surface area contributed by atoms with Gasteiger partial charge >= 0.3 is 0 Å². The summed E-state index contributed by atoms with van der Waals surface area (Å²) >= 11 is 0. The molecular formula is C24H31F2IN4O. The Morgan fingerprint density at radius 2 is 1.75 bits per heavy atom. The minimum absolute atomic E-state index is 0. The van der Waals surface area contributed by atoms with Gasteiger partial charge in [0.15, 0.2) is 5.96 Å². The number of hydrogen-bond acceptors (Lipinski definition) is 3. The average Bonchev–Trinajstić information content (AvgIpc) is 2.81. The standard InChI is InChI=1S/C24H30F2N4O.HI/c1-27-23(30-13-11-29(12-14-30)22-8-3-2-7-21(22)26)28-18-24(9-15-31-16-10-24)19-5-4-6-20(25)17-19;/h2-8,17H,9-16,18H2,1H3,(H,27,28);1H. The number of para-hydroxylation sites is 1. The van der Waals surface area contributed by atoms with Gasteiger partial charge < -0.3 is 19.9 Å². The molecule has 5 nitrogen and oxygen atoms in total. The Labute approximate surface area is 205 Å². The highest BCUT2D eigenvalue weighted by Gasteiger charge is 2.35. The molecule has 174 valence electrons. The molecule has 0 unspecified atom stereocenters. The van der Waals surface area contributed by atoms with E-state index in [4.69, 9.17) is 4.74 Å². The molecule has 0 saturated carbocycles. The number of benzene rings is 2. The average molecular weight is 556 g/mol. The summed E-state index contributed by atoms with van der Waals surface area (Å²) in [6.07, 6.45) is 1.67. The lowest BCUT2D eigenvalue weighted by atomic mass is 9.74. The molecule has 0 atom stereocenters. The molecule has 2 saturated heterocycles. The van der Waals surface area contributed by atoms with Crippen LogP contribution in [0.15, 0.2) is 53.5 Å². The zero-order valence-corrected chi connectivity index (χ0v) is 20.7. The molecule has 2 heterocycles. The Hall–Kier alpha value is -1.94. The van der Waals surface area contributed by atoms with Crippen molar-refractivity contribution in [1.29, 1.82) is 0 Å². The van der Waals surface area contributed by atoms with E-state index in [9.17, 15) is 8.78 Å². The minimum atomic E-state index is -0.211. The fourth-order valence-electron chi connectivity index (χ4n) is 4.60. The Morgan fingerprint density at radius 1 is 1.03 bits per heavy atom. The summed E-state index contributed by atoms with van der Waals surface area (Å²) in [6.45, 7) is 4.96. The van der Waals surface area contributed by atoms with Crippen molar-refractivity contribution in [3.63, 3.8) is 0 Å². The highest BCUT2D eigenvalue weighted by atomic mass is 127. The highest BCUT2D eigenvalue weighted by molar-refractivity contribution is 14.0. The summed E-state index contributed by atoms with van der Waals surface area (Å²) in [5.41, 5.74) is 1.46. The molecule has 2 fully saturated rings. The molecule has 0 spiro atoms. The fraction of sp³-hybridized carbons (Fsp3) is 0.458. The zero-order chi connectivity index (χ0) is 21.7. The van der Waals surface area contributed by atoms with Crippen LogP contribution in [0, 0.1) is 11.6 Å². The van der Waals surface area contributed by atoms with E-state index in [0.29, 0.717) is 25.4 Å². The summed E-state index contributed by atoms with van der Waals surface area (Å²) in [5, 5.41) is 3.54. The number of piperazine rings is 1. The van der Waals surface area contributed by atoms with E-state index in [1.54, 1.807) is 25.2 Å². The lowest BCUT2D eigenvalue weighted by molar-refractivity contribution is 0.0510. The molecule has 2 aliphatic heterocycles. The van der Waals surface area contributed by atoms with E-state index < -0.39 is 0 Å². The number of nitrogens with one attached hydrogen (secondary N) is 1. The van der Waals surface area contributed by atoms with Crippen molar-refractivity contribution < 1.29 is 13.5 Å². The van der Waals surface area contributed by atoms with Crippen LogP contribution >= 0.6 is 24.0 Å². The van der Waals surface area contributed by atoms with Gasteiger partial charge in [-0.25, -0.2) is 8.78 Å². The van der Waals surface area contributed by atoms with E-state index in [2.05, 4.69) is 20.1 Å². The third kappa shape index (κ3) is 5.51. The maximum atomic E-state index is 14.1. The van der Waals surface area contributed by atoms with Gasteiger partial charge in [0.25, 0.3) is 0 Å². The molecule has 2 aliphatic rings. The van der Waals surface area contributed by atoms with Crippen LogP contribution in [0.25, 0.3) is 0 Å². The second-order valence-electron chi connectivity index (χ2n) is 8.23. The Morgan fingerprint density at radius 3 is 2.41 bits per heavy atom. The number of anilines is 1. The van der Waals surface area contributed by atoms with Gasteiger partial charge in [-0.05, 0) is 42.7 Å². The molecule has 2 aromatic carbocycles. The molecule has 0 aromatic heterocycles. The van der Waals surface area contributed by atoms with Crippen molar-refractivity contribution in [1.82, 2.24) is 10.2 Å². The van der Waals surface area contributed by atoms with Crippen molar-refractivity contribution in [3.8, 4) is 0 Å². The van der Waals surface area contributed by atoms with Gasteiger partial charge in [0.2, 0.25) is 0 Å². The highest BCUT2D eigenvalue weighted by Crippen LogP contribution is 2.34. The second-order valence-corrected chi connectivity index (χ2v) is 8.23. The number of guanidine groups is 1. The van der Waals surface area contributed by atoms with Crippen molar-refractivity contribution in [3.05, 3.63) is 65.7 Å². The number of nitrogens with zero attached hydrogens (tertiary/aromatic N) is 3. The lowest BCUT2D eigenvalue weighted by Gasteiger charge is -2.41. The van der Waals surface area contributed by atoms with Crippen LogP contribution in [-0.2, 0) is 10.2 Å². The van der Waals surface area contributed by atoms with Gasteiger partial charge in [0.1, 0.15) is 11.6 Å². The summed E-state index contributed by atoms with van der Waals surface area (Å²) in [5.74, 6) is 0.433.